The monoisotopic (exact) mass is 488 g/mol. The van der Waals surface area contributed by atoms with E-state index < -0.39 is 0 Å². The molecule has 0 aliphatic rings. The number of hydrogen-bond acceptors (Lipinski definition) is 4. The van der Waals surface area contributed by atoms with Crippen molar-refractivity contribution in [2.75, 3.05) is 0 Å². The van der Waals surface area contributed by atoms with Crippen LogP contribution in [-0.2, 0) is 16.0 Å². The third kappa shape index (κ3) is 14.3. The van der Waals surface area contributed by atoms with E-state index >= 15 is 0 Å². The van der Waals surface area contributed by atoms with Crippen LogP contribution in [0.1, 0.15) is 136 Å². The Labute approximate surface area is 215 Å². The molecule has 0 amide bonds. The Hall–Kier alpha value is -1.84. The van der Waals surface area contributed by atoms with Crippen LogP contribution < -0.4 is 9.47 Å². The maximum atomic E-state index is 12.6. The first kappa shape index (κ1) is 31.2. The summed E-state index contributed by atoms with van der Waals surface area (Å²) in [5.41, 5.74) is 0.960. The molecule has 4 heteroatoms. The number of esters is 2. The molecule has 0 saturated heterocycles. The predicted octanol–water partition coefficient (Wildman–Crippen LogP) is 9.22. The fourth-order valence-corrected chi connectivity index (χ4v) is 4.39. The summed E-state index contributed by atoms with van der Waals surface area (Å²) in [5.74, 6) is 1.81. The molecule has 0 fully saturated rings. The number of carbonyl (C=O) groups excluding carboxylic acids is 2. The second-order valence-electron chi connectivity index (χ2n) is 10.5. The highest BCUT2D eigenvalue weighted by atomic mass is 16.6. The number of carbonyl (C=O) groups is 2. The second kappa shape index (κ2) is 19.4. The summed E-state index contributed by atoms with van der Waals surface area (Å²) in [6, 6.07) is 5.67. The Bertz CT molecular complexity index is 710. The van der Waals surface area contributed by atoms with Gasteiger partial charge in [-0.3, -0.25) is 9.59 Å². The van der Waals surface area contributed by atoms with Gasteiger partial charge in [0.2, 0.25) is 0 Å². The highest BCUT2D eigenvalue weighted by Gasteiger charge is 2.18. The van der Waals surface area contributed by atoms with Gasteiger partial charge in [-0.2, -0.15) is 0 Å². The number of rotatable bonds is 20. The fourth-order valence-electron chi connectivity index (χ4n) is 4.39. The van der Waals surface area contributed by atoms with Gasteiger partial charge in [0.25, 0.3) is 0 Å². The minimum absolute atomic E-state index is 0.239. The zero-order valence-electron chi connectivity index (χ0n) is 23.3. The van der Waals surface area contributed by atoms with E-state index in [1.165, 1.54) is 19.3 Å². The van der Waals surface area contributed by atoms with Crippen molar-refractivity contribution < 1.29 is 19.1 Å². The maximum absolute atomic E-state index is 12.6. The predicted molar refractivity (Wildman–Crippen MR) is 146 cm³/mol. The summed E-state index contributed by atoms with van der Waals surface area (Å²) in [5, 5.41) is 0. The molecule has 0 saturated carbocycles. The van der Waals surface area contributed by atoms with Crippen LogP contribution in [0.4, 0.5) is 0 Å². The Morgan fingerprint density at radius 1 is 0.743 bits per heavy atom. The molecular weight excluding hydrogens is 436 g/mol. The van der Waals surface area contributed by atoms with E-state index in [0.29, 0.717) is 24.3 Å². The van der Waals surface area contributed by atoms with E-state index in [9.17, 15) is 9.59 Å². The van der Waals surface area contributed by atoms with Gasteiger partial charge in [-0.15, -0.1) is 0 Å². The Kier molecular flexibility index (Phi) is 17.3. The average Bonchev–Trinajstić information content (AvgIpc) is 2.83. The number of unbranched alkanes of at least 4 members (excludes halogenated alkanes) is 6. The minimum Gasteiger partial charge on any atom is -0.423 e. The standard InChI is InChI=1S/C31H52O4/c1-6-9-11-13-21-29(32)34-28-20-16-19-27(18-15-17-26(8-3)24-23-25(4)5)31(28)35-30(33)22-14-12-10-7-2/h16,19-20,25-26H,6-15,17-18,21-24H2,1-5H3. The molecule has 0 radical (unpaired) electrons. The Morgan fingerprint density at radius 3 is 1.94 bits per heavy atom. The van der Waals surface area contributed by atoms with Crippen molar-refractivity contribution in [2.45, 2.75) is 137 Å². The summed E-state index contributed by atoms with van der Waals surface area (Å²) in [7, 11) is 0. The summed E-state index contributed by atoms with van der Waals surface area (Å²) in [6.45, 7) is 11.2. The smallest absolute Gasteiger partial charge is 0.311 e. The zero-order valence-corrected chi connectivity index (χ0v) is 23.3. The van der Waals surface area contributed by atoms with E-state index in [0.717, 1.165) is 88.0 Å². The summed E-state index contributed by atoms with van der Waals surface area (Å²) in [6.07, 6.45) is 15.8. The first-order chi connectivity index (χ1) is 16.9. The third-order valence-electron chi connectivity index (χ3n) is 6.76. The van der Waals surface area contributed by atoms with Gasteiger partial charge < -0.3 is 9.47 Å². The van der Waals surface area contributed by atoms with E-state index in [-0.39, 0.29) is 11.9 Å². The first-order valence-corrected chi connectivity index (χ1v) is 14.4. The molecule has 1 rings (SSSR count). The normalized spacial score (nSPS) is 12.1. The van der Waals surface area contributed by atoms with Crippen molar-refractivity contribution in [3.63, 3.8) is 0 Å². The van der Waals surface area contributed by atoms with Crippen LogP contribution in [0.25, 0.3) is 0 Å². The lowest BCUT2D eigenvalue weighted by atomic mass is 9.90. The summed E-state index contributed by atoms with van der Waals surface area (Å²) < 4.78 is 11.6. The summed E-state index contributed by atoms with van der Waals surface area (Å²) in [4.78, 5) is 25.1. The number of benzene rings is 1. The highest BCUT2D eigenvalue weighted by Crippen LogP contribution is 2.34. The molecule has 0 aliphatic heterocycles. The molecule has 0 heterocycles. The molecule has 0 bridgehead atoms. The van der Waals surface area contributed by atoms with E-state index in [1.54, 1.807) is 6.07 Å². The average molecular weight is 489 g/mol. The fraction of sp³-hybridized carbons (Fsp3) is 0.742. The maximum Gasteiger partial charge on any atom is 0.311 e. The van der Waals surface area contributed by atoms with Gasteiger partial charge in [0, 0.05) is 12.8 Å². The van der Waals surface area contributed by atoms with Gasteiger partial charge in [-0.1, -0.05) is 111 Å². The lowest BCUT2D eigenvalue weighted by molar-refractivity contribution is -0.137. The van der Waals surface area contributed by atoms with Crippen LogP contribution in [0, 0.1) is 11.8 Å². The van der Waals surface area contributed by atoms with Gasteiger partial charge in [-0.25, -0.2) is 0 Å². The van der Waals surface area contributed by atoms with Crippen LogP contribution >= 0.6 is 0 Å². The lowest BCUT2D eigenvalue weighted by Crippen LogP contribution is -2.13. The van der Waals surface area contributed by atoms with E-state index in [4.69, 9.17) is 9.47 Å². The lowest BCUT2D eigenvalue weighted by Gasteiger charge is -2.18. The number of hydrogen-bond donors (Lipinski definition) is 0. The van der Waals surface area contributed by atoms with Crippen molar-refractivity contribution in [3.05, 3.63) is 23.8 Å². The molecule has 200 valence electrons. The van der Waals surface area contributed by atoms with Crippen LogP contribution in [0.3, 0.4) is 0 Å². The largest absolute Gasteiger partial charge is 0.423 e. The van der Waals surface area contributed by atoms with E-state index in [1.807, 2.05) is 12.1 Å². The van der Waals surface area contributed by atoms with Crippen molar-refractivity contribution in [2.24, 2.45) is 11.8 Å². The molecule has 35 heavy (non-hydrogen) atoms. The quantitative estimate of drug-likeness (QED) is 0.104. The Balaban J connectivity index is 2.86. The molecule has 0 aliphatic carbocycles. The molecule has 4 nitrogen and oxygen atoms in total. The van der Waals surface area contributed by atoms with Crippen molar-refractivity contribution in [3.8, 4) is 11.5 Å². The van der Waals surface area contributed by atoms with Crippen LogP contribution in [-0.4, -0.2) is 11.9 Å². The SMILES string of the molecule is CCCCCCC(=O)Oc1cccc(CCCC(CC)CCC(C)C)c1OC(=O)CCCCCC. The van der Waals surface area contributed by atoms with Gasteiger partial charge in [0.1, 0.15) is 0 Å². The van der Waals surface area contributed by atoms with Gasteiger partial charge in [0.15, 0.2) is 11.5 Å². The topological polar surface area (TPSA) is 52.6 Å². The van der Waals surface area contributed by atoms with Crippen molar-refractivity contribution in [1.29, 1.82) is 0 Å². The molecule has 0 N–H and O–H groups in total. The number of aryl methyl sites for hydroxylation is 1. The van der Waals surface area contributed by atoms with Crippen molar-refractivity contribution >= 4 is 11.9 Å². The van der Waals surface area contributed by atoms with Gasteiger partial charge >= 0.3 is 11.9 Å². The van der Waals surface area contributed by atoms with E-state index in [2.05, 4.69) is 34.6 Å². The van der Waals surface area contributed by atoms with Gasteiger partial charge in [0.05, 0.1) is 0 Å². The molecule has 1 unspecified atom stereocenters. The van der Waals surface area contributed by atoms with Crippen LogP contribution in [0.15, 0.2) is 18.2 Å². The molecule has 1 aromatic rings. The number of para-hydroxylation sites is 1. The second-order valence-corrected chi connectivity index (χ2v) is 10.5. The van der Waals surface area contributed by atoms with Crippen molar-refractivity contribution in [1.82, 2.24) is 0 Å². The van der Waals surface area contributed by atoms with Crippen LogP contribution in [0.2, 0.25) is 0 Å². The zero-order chi connectivity index (χ0) is 25.9. The third-order valence-corrected chi connectivity index (χ3v) is 6.76. The Morgan fingerprint density at radius 2 is 1.37 bits per heavy atom. The number of ether oxygens (including phenoxy) is 2. The molecule has 1 aromatic carbocycles. The minimum atomic E-state index is -0.252. The van der Waals surface area contributed by atoms with Gasteiger partial charge in [-0.05, 0) is 49.1 Å². The molecule has 1 atom stereocenters. The van der Waals surface area contributed by atoms with Crippen LogP contribution in [0.5, 0.6) is 11.5 Å². The molecular formula is C31H52O4. The summed E-state index contributed by atoms with van der Waals surface area (Å²) >= 11 is 0. The molecule has 0 aromatic heterocycles. The highest BCUT2D eigenvalue weighted by molar-refractivity contribution is 5.76. The first-order valence-electron chi connectivity index (χ1n) is 14.4. The molecule has 0 spiro atoms.